The van der Waals surface area contributed by atoms with Crippen molar-refractivity contribution in [3.63, 3.8) is 0 Å². The Morgan fingerprint density at radius 2 is 1.85 bits per heavy atom. The molecule has 0 aliphatic carbocycles. The van der Waals surface area contributed by atoms with Gasteiger partial charge in [-0.05, 0) is 42.3 Å². The predicted molar refractivity (Wildman–Crippen MR) is 107 cm³/mol. The Hall–Kier alpha value is -2.98. The number of para-hydroxylation sites is 1. The minimum atomic E-state index is -0.236. The van der Waals surface area contributed by atoms with Crippen LogP contribution in [-0.4, -0.2) is 17.4 Å². The van der Waals surface area contributed by atoms with E-state index >= 15 is 0 Å². The number of carbonyl (C=O) groups is 1. The maximum atomic E-state index is 12.5. The molecule has 0 fully saturated rings. The van der Waals surface area contributed by atoms with Crippen molar-refractivity contribution in [3.8, 4) is 0 Å². The number of fused-ring (bicyclic) bond motifs is 1. The molecule has 1 atom stereocenters. The van der Waals surface area contributed by atoms with Crippen LogP contribution in [0.1, 0.15) is 33.4 Å². The van der Waals surface area contributed by atoms with Gasteiger partial charge in [0.2, 0.25) is 0 Å². The molecule has 2 heterocycles. The van der Waals surface area contributed by atoms with Gasteiger partial charge in [-0.1, -0.05) is 48.0 Å². The lowest BCUT2D eigenvalue weighted by molar-refractivity contribution is 0.0923. The van der Waals surface area contributed by atoms with Crippen LogP contribution in [0, 0.1) is 6.92 Å². The Kier molecular flexibility index (Phi) is 4.73. The number of aryl methyl sites for hydroxylation is 1. The smallest absolute Gasteiger partial charge is 0.287 e. The Morgan fingerprint density at radius 3 is 2.63 bits per heavy atom. The van der Waals surface area contributed by atoms with Gasteiger partial charge in [-0.3, -0.25) is 4.79 Å². The van der Waals surface area contributed by atoms with Crippen LogP contribution < -0.4 is 5.32 Å². The van der Waals surface area contributed by atoms with Crippen molar-refractivity contribution < 1.29 is 9.21 Å². The molecular weight excluding hydrogens is 360 g/mol. The molecule has 2 aromatic heterocycles. The third-order valence-electron chi connectivity index (χ3n) is 4.71. The molecular formula is C22H19ClN2O2. The first-order valence-electron chi connectivity index (χ1n) is 8.78. The summed E-state index contributed by atoms with van der Waals surface area (Å²) in [6, 6.07) is 19.3. The average molecular weight is 379 g/mol. The van der Waals surface area contributed by atoms with E-state index in [2.05, 4.69) is 16.4 Å². The van der Waals surface area contributed by atoms with Crippen LogP contribution >= 0.6 is 11.6 Å². The number of hydrogen-bond acceptors (Lipinski definition) is 2. The number of nitrogens with one attached hydrogen (secondary N) is 2. The van der Waals surface area contributed by atoms with Crippen molar-refractivity contribution in [1.29, 1.82) is 0 Å². The molecule has 136 valence electrons. The van der Waals surface area contributed by atoms with Gasteiger partial charge in [0, 0.05) is 34.6 Å². The second kappa shape index (κ2) is 7.33. The molecule has 0 spiro atoms. The highest BCUT2D eigenvalue weighted by molar-refractivity contribution is 6.31. The molecule has 0 aliphatic heterocycles. The van der Waals surface area contributed by atoms with E-state index in [9.17, 15) is 4.79 Å². The highest BCUT2D eigenvalue weighted by atomic mass is 35.5. The first kappa shape index (κ1) is 17.4. The van der Waals surface area contributed by atoms with Gasteiger partial charge in [0.1, 0.15) is 5.76 Å². The molecule has 1 amide bonds. The zero-order valence-electron chi connectivity index (χ0n) is 14.8. The van der Waals surface area contributed by atoms with Crippen LogP contribution in [0.25, 0.3) is 10.9 Å². The quantitative estimate of drug-likeness (QED) is 0.496. The molecule has 4 nitrogen and oxygen atoms in total. The van der Waals surface area contributed by atoms with Crippen molar-refractivity contribution in [2.24, 2.45) is 0 Å². The molecule has 0 aliphatic rings. The minimum Gasteiger partial charge on any atom is -0.456 e. The number of furan rings is 1. The average Bonchev–Trinajstić information content (AvgIpc) is 3.30. The number of rotatable bonds is 5. The number of hydrogen-bond donors (Lipinski definition) is 2. The normalized spacial score (nSPS) is 12.2. The zero-order chi connectivity index (χ0) is 18.8. The van der Waals surface area contributed by atoms with E-state index in [4.69, 9.17) is 16.0 Å². The fraction of sp³-hybridized carbons (Fsp3) is 0.136. The summed E-state index contributed by atoms with van der Waals surface area (Å²) in [5.41, 5.74) is 3.12. The lowest BCUT2D eigenvalue weighted by Crippen LogP contribution is -2.28. The highest BCUT2D eigenvalue weighted by Gasteiger charge is 2.22. The van der Waals surface area contributed by atoms with Gasteiger partial charge in [0.15, 0.2) is 5.76 Å². The Morgan fingerprint density at radius 1 is 1.07 bits per heavy atom. The largest absolute Gasteiger partial charge is 0.456 e. The first-order chi connectivity index (χ1) is 13.1. The van der Waals surface area contributed by atoms with Gasteiger partial charge in [-0.2, -0.15) is 0 Å². The van der Waals surface area contributed by atoms with Crippen molar-refractivity contribution in [3.05, 3.63) is 94.5 Å². The summed E-state index contributed by atoms with van der Waals surface area (Å²) in [4.78, 5) is 15.8. The van der Waals surface area contributed by atoms with Gasteiger partial charge in [-0.15, -0.1) is 0 Å². The maximum absolute atomic E-state index is 12.5. The Labute approximate surface area is 162 Å². The molecule has 2 aromatic carbocycles. The van der Waals surface area contributed by atoms with E-state index in [1.165, 1.54) is 0 Å². The van der Waals surface area contributed by atoms with Gasteiger partial charge >= 0.3 is 0 Å². The first-order valence-corrected chi connectivity index (χ1v) is 9.16. The van der Waals surface area contributed by atoms with Gasteiger partial charge in [0.05, 0.1) is 0 Å². The van der Waals surface area contributed by atoms with Crippen LogP contribution in [0.3, 0.4) is 0 Å². The van der Waals surface area contributed by atoms with E-state index in [1.54, 1.807) is 12.1 Å². The number of H-pyrrole nitrogens is 1. The van der Waals surface area contributed by atoms with Gasteiger partial charge in [0.25, 0.3) is 5.91 Å². The number of benzene rings is 2. The van der Waals surface area contributed by atoms with Crippen LogP contribution in [0.4, 0.5) is 0 Å². The topological polar surface area (TPSA) is 58.0 Å². The molecule has 0 unspecified atom stereocenters. The summed E-state index contributed by atoms with van der Waals surface area (Å²) in [6.45, 7) is 2.22. The van der Waals surface area contributed by atoms with Crippen molar-refractivity contribution in [2.45, 2.75) is 12.8 Å². The van der Waals surface area contributed by atoms with Crippen molar-refractivity contribution in [1.82, 2.24) is 10.3 Å². The number of halogens is 1. The third kappa shape index (κ3) is 3.49. The van der Waals surface area contributed by atoms with Crippen LogP contribution in [0.2, 0.25) is 5.02 Å². The summed E-state index contributed by atoms with van der Waals surface area (Å²) in [6.07, 6.45) is 1.99. The standard InChI is InChI=1S/C22H19ClN2O2/c1-14-10-11-21(27-14)22(26)25-13-17(15-6-2-4-8-19(15)23)18-12-24-20-9-5-3-7-16(18)20/h2-12,17,24H,13H2,1H3,(H,25,26)/t17-/m0/s1. The van der Waals surface area contributed by atoms with E-state index in [1.807, 2.05) is 55.6 Å². The summed E-state index contributed by atoms with van der Waals surface area (Å²) in [5, 5.41) is 4.78. The second-order valence-electron chi connectivity index (χ2n) is 6.48. The van der Waals surface area contributed by atoms with Crippen molar-refractivity contribution >= 4 is 28.4 Å². The molecule has 27 heavy (non-hydrogen) atoms. The highest BCUT2D eigenvalue weighted by Crippen LogP contribution is 2.34. The number of carbonyl (C=O) groups excluding carboxylic acids is 1. The molecule has 0 radical (unpaired) electrons. The van der Waals surface area contributed by atoms with Gasteiger partial charge < -0.3 is 14.7 Å². The van der Waals surface area contributed by atoms with E-state index in [0.29, 0.717) is 23.1 Å². The van der Waals surface area contributed by atoms with Gasteiger partial charge in [-0.25, -0.2) is 0 Å². The van der Waals surface area contributed by atoms with Crippen LogP contribution in [0.15, 0.2) is 71.3 Å². The fourth-order valence-corrected chi connectivity index (χ4v) is 3.63. The second-order valence-corrected chi connectivity index (χ2v) is 6.89. The maximum Gasteiger partial charge on any atom is 0.287 e. The summed E-state index contributed by atoms with van der Waals surface area (Å²) < 4.78 is 5.42. The van der Waals surface area contributed by atoms with Crippen LogP contribution in [-0.2, 0) is 0 Å². The van der Waals surface area contributed by atoms with Crippen molar-refractivity contribution in [2.75, 3.05) is 6.54 Å². The van der Waals surface area contributed by atoms with E-state index in [-0.39, 0.29) is 11.8 Å². The molecule has 0 saturated carbocycles. The lowest BCUT2D eigenvalue weighted by Gasteiger charge is -2.19. The summed E-state index contributed by atoms with van der Waals surface area (Å²) >= 11 is 6.48. The number of amides is 1. The number of aromatic amines is 1. The van der Waals surface area contributed by atoms with E-state index < -0.39 is 0 Å². The monoisotopic (exact) mass is 378 g/mol. The zero-order valence-corrected chi connectivity index (χ0v) is 15.6. The summed E-state index contributed by atoms with van der Waals surface area (Å²) in [5.74, 6) is 0.693. The summed E-state index contributed by atoms with van der Waals surface area (Å²) in [7, 11) is 0. The third-order valence-corrected chi connectivity index (χ3v) is 5.05. The Bertz CT molecular complexity index is 1100. The minimum absolute atomic E-state index is 0.0881. The van der Waals surface area contributed by atoms with Crippen LogP contribution in [0.5, 0.6) is 0 Å². The predicted octanol–water partition coefficient (Wildman–Crippen LogP) is 5.28. The molecule has 2 N–H and O–H groups in total. The fourth-order valence-electron chi connectivity index (χ4n) is 3.37. The SMILES string of the molecule is Cc1ccc(C(=O)NC[C@@H](c2ccccc2Cl)c2c[nH]c3ccccc23)o1. The lowest BCUT2D eigenvalue weighted by atomic mass is 9.90. The molecule has 0 saturated heterocycles. The Balaban J connectivity index is 1.68. The molecule has 4 aromatic rings. The van der Waals surface area contributed by atoms with E-state index in [0.717, 1.165) is 22.0 Å². The molecule has 4 rings (SSSR count). The molecule has 0 bridgehead atoms. The molecule has 5 heteroatoms. The number of aromatic nitrogens is 1.